The molecule has 0 aromatic heterocycles. The van der Waals surface area contributed by atoms with Gasteiger partial charge in [0.1, 0.15) is 19.3 Å². The van der Waals surface area contributed by atoms with Crippen LogP contribution >= 0.6 is 15.6 Å². The Morgan fingerprint density at radius 3 is 0.747 bits per heavy atom. The number of carbonyl (C=O) groups is 4. The summed E-state index contributed by atoms with van der Waals surface area (Å²) in [6.07, 6.45) is 50.1. The molecule has 0 bridgehead atoms. The molecule has 0 heterocycles. The smallest absolute Gasteiger partial charge is 0.462 e. The molecule has 91 heavy (non-hydrogen) atoms. The Balaban J connectivity index is 5.20. The molecule has 17 nitrogen and oxygen atoms in total. The third kappa shape index (κ3) is 66.5. The molecule has 0 radical (unpaired) electrons. The fourth-order valence-corrected chi connectivity index (χ4v) is 12.5. The second kappa shape index (κ2) is 64.1. The summed E-state index contributed by atoms with van der Waals surface area (Å²) < 4.78 is 68.3. The zero-order chi connectivity index (χ0) is 67.2. The van der Waals surface area contributed by atoms with Crippen molar-refractivity contribution in [2.75, 3.05) is 39.6 Å². The molecule has 0 spiro atoms. The predicted molar refractivity (Wildman–Crippen MR) is 368 cm³/mol. The van der Waals surface area contributed by atoms with Crippen LogP contribution in [0.3, 0.4) is 0 Å². The van der Waals surface area contributed by atoms with Crippen LogP contribution in [0.25, 0.3) is 0 Å². The van der Waals surface area contributed by atoms with Gasteiger partial charge in [-0.1, -0.05) is 318 Å². The normalized spacial score (nSPS) is 14.1. The van der Waals surface area contributed by atoms with Crippen LogP contribution in [0.4, 0.5) is 0 Å². The first-order valence-electron chi connectivity index (χ1n) is 37.5. The second-order valence-corrected chi connectivity index (χ2v) is 29.8. The van der Waals surface area contributed by atoms with Crippen molar-refractivity contribution >= 4 is 39.5 Å². The van der Waals surface area contributed by atoms with E-state index in [1.807, 2.05) is 0 Å². The van der Waals surface area contributed by atoms with E-state index in [1.165, 1.54) is 173 Å². The summed E-state index contributed by atoms with van der Waals surface area (Å²) in [7, 11) is -9.90. The summed E-state index contributed by atoms with van der Waals surface area (Å²) in [5.41, 5.74) is 0. The minimum atomic E-state index is -4.95. The fourth-order valence-electron chi connectivity index (χ4n) is 10.9. The van der Waals surface area contributed by atoms with Crippen molar-refractivity contribution in [1.82, 2.24) is 0 Å². The van der Waals surface area contributed by atoms with Gasteiger partial charge in [0.25, 0.3) is 0 Å². The Morgan fingerprint density at radius 2 is 0.505 bits per heavy atom. The van der Waals surface area contributed by atoms with Gasteiger partial charge >= 0.3 is 39.5 Å². The Morgan fingerprint density at radius 1 is 0.297 bits per heavy atom. The highest BCUT2D eigenvalue weighted by molar-refractivity contribution is 7.47. The zero-order valence-electron chi connectivity index (χ0n) is 59.1. The summed E-state index contributed by atoms with van der Waals surface area (Å²) in [6, 6.07) is 0. The molecule has 3 N–H and O–H groups in total. The molecule has 0 aromatic rings. The number of phosphoric acid groups is 2. The van der Waals surface area contributed by atoms with Crippen LogP contribution in [0.5, 0.6) is 0 Å². The summed E-state index contributed by atoms with van der Waals surface area (Å²) in [4.78, 5) is 72.5. The van der Waals surface area contributed by atoms with Crippen molar-refractivity contribution in [2.24, 2.45) is 11.8 Å². The number of hydrogen-bond donors (Lipinski definition) is 3. The number of unbranched alkanes of at least 4 members (excludes halogenated alkanes) is 41. The first-order chi connectivity index (χ1) is 43.9. The minimum absolute atomic E-state index is 0.105. The maximum atomic E-state index is 13.0. The Labute approximate surface area is 556 Å². The number of ether oxygens (including phenoxy) is 4. The van der Waals surface area contributed by atoms with E-state index >= 15 is 0 Å². The molecule has 2 unspecified atom stereocenters. The topological polar surface area (TPSA) is 237 Å². The maximum absolute atomic E-state index is 13.0. The van der Waals surface area contributed by atoms with E-state index in [0.717, 1.165) is 115 Å². The maximum Gasteiger partial charge on any atom is 0.472 e. The Hall–Kier alpha value is -1.94. The molecule has 19 heteroatoms. The SMILES string of the molecule is CCCCCCCCCCCCCCCCC(=O)OC[C@H](COP(=O)(O)OC[C@@H](O)COP(=O)(O)OC[C@@H](COC(=O)CCCCCCCCC)OC(=O)CCCCCCCCCCCC(C)C)OC(=O)CCCCCCCCCCCCCCCCCC(C)C. The minimum Gasteiger partial charge on any atom is -0.462 e. The van der Waals surface area contributed by atoms with Crippen molar-refractivity contribution in [3.8, 4) is 0 Å². The lowest BCUT2D eigenvalue weighted by Gasteiger charge is -2.21. The Bertz CT molecular complexity index is 1770. The van der Waals surface area contributed by atoms with Gasteiger partial charge < -0.3 is 33.8 Å². The molecule has 0 aliphatic rings. The van der Waals surface area contributed by atoms with Gasteiger partial charge in [0.2, 0.25) is 0 Å². The molecule has 0 amide bonds. The van der Waals surface area contributed by atoms with Gasteiger partial charge in [0.15, 0.2) is 12.2 Å². The van der Waals surface area contributed by atoms with Gasteiger partial charge in [0.05, 0.1) is 26.4 Å². The number of aliphatic hydroxyl groups is 1. The molecular weight excluding hydrogens is 1200 g/mol. The third-order valence-electron chi connectivity index (χ3n) is 16.7. The van der Waals surface area contributed by atoms with Crippen LogP contribution < -0.4 is 0 Å². The highest BCUT2D eigenvalue weighted by Crippen LogP contribution is 2.45. The van der Waals surface area contributed by atoms with E-state index in [2.05, 4.69) is 41.5 Å². The summed E-state index contributed by atoms with van der Waals surface area (Å²) in [5.74, 6) is -0.586. The van der Waals surface area contributed by atoms with Gasteiger partial charge in [-0.2, -0.15) is 0 Å². The highest BCUT2D eigenvalue weighted by atomic mass is 31.2. The standard InChI is InChI=1S/C72H140O17P2/c1-7-9-11-13-15-16-17-18-23-26-31-37-43-49-55-70(75)83-61-68(89-71(76)56-50-44-38-32-27-24-21-19-20-22-25-29-35-40-46-52-64(3)4)63-87-91(80,81)85-59-66(73)58-84-90(78,79)86-62-67(60-82-69(74)54-48-42-34-14-12-10-8-2)88-72(77)57-51-45-39-33-28-30-36-41-47-53-65(5)6/h64-68,73H,7-63H2,1-6H3,(H,78,79)(H,80,81)/t66-,67+,68+/m0/s1. The van der Waals surface area contributed by atoms with Crippen molar-refractivity contribution in [3.63, 3.8) is 0 Å². The molecule has 0 saturated heterocycles. The average Bonchev–Trinajstić information content (AvgIpc) is 3.72. The third-order valence-corrected chi connectivity index (χ3v) is 18.6. The van der Waals surface area contributed by atoms with Crippen LogP contribution in [0.2, 0.25) is 0 Å². The van der Waals surface area contributed by atoms with Crippen LogP contribution in [-0.2, 0) is 65.4 Å². The van der Waals surface area contributed by atoms with Gasteiger partial charge in [-0.15, -0.1) is 0 Å². The van der Waals surface area contributed by atoms with Crippen molar-refractivity contribution < 1.29 is 80.2 Å². The highest BCUT2D eigenvalue weighted by Gasteiger charge is 2.30. The number of carbonyl (C=O) groups excluding carboxylic acids is 4. The lowest BCUT2D eigenvalue weighted by molar-refractivity contribution is -0.161. The monoisotopic (exact) mass is 1340 g/mol. The molecule has 0 aromatic carbocycles. The van der Waals surface area contributed by atoms with Crippen molar-refractivity contribution in [2.45, 2.75) is 387 Å². The lowest BCUT2D eigenvalue weighted by atomic mass is 10.0. The lowest BCUT2D eigenvalue weighted by Crippen LogP contribution is -2.30. The molecular formula is C72H140O17P2. The molecule has 540 valence electrons. The summed E-state index contributed by atoms with van der Waals surface area (Å²) >= 11 is 0. The average molecular weight is 1340 g/mol. The first kappa shape index (κ1) is 89.1. The predicted octanol–water partition coefficient (Wildman–Crippen LogP) is 20.8. The zero-order valence-corrected chi connectivity index (χ0v) is 60.9. The number of rotatable bonds is 71. The van der Waals surface area contributed by atoms with E-state index in [0.29, 0.717) is 25.7 Å². The fraction of sp³-hybridized carbons (Fsp3) is 0.944. The van der Waals surface area contributed by atoms with E-state index in [-0.39, 0.29) is 25.7 Å². The van der Waals surface area contributed by atoms with Gasteiger partial charge in [-0.05, 0) is 37.5 Å². The van der Waals surface area contributed by atoms with Crippen LogP contribution in [-0.4, -0.2) is 96.7 Å². The van der Waals surface area contributed by atoms with E-state index in [4.69, 9.17) is 37.0 Å². The van der Waals surface area contributed by atoms with Gasteiger partial charge in [-0.25, -0.2) is 9.13 Å². The van der Waals surface area contributed by atoms with Crippen molar-refractivity contribution in [1.29, 1.82) is 0 Å². The number of hydrogen-bond acceptors (Lipinski definition) is 15. The first-order valence-corrected chi connectivity index (χ1v) is 40.5. The largest absolute Gasteiger partial charge is 0.472 e. The molecule has 0 aliphatic carbocycles. The van der Waals surface area contributed by atoms with Crippen molar-refractivity contribution in [3.05, 3.63) is 0 Å². The van der Waals surface area contributed by atoms with Gasteiger partial charge in [0, 0.05) is 25.7 Å². The Kier molecular flexibility index (Phi) is 62.7. The molecule has 0 rings (SSSR count). The summed E-state index contributed by atoms with van der Waals surface area (Å²) in [5, 5.41) is 10.6. The van der Waals surface area contributed by atoms with E-state index < -0.39 is 97.5 Å². The van der Waals surface area contributed by atoms with Crippen LogP contribution in [0.15, 0.2) is 0 Å². The van der Waals surface area contributed by atoms with E-state index in [9.17, 15) is 43.2 Å². The molecule has 5 atom stereocenters. The van der Waals surface area contributed by atoms with E-state index in [1.54, 1.807) is 0 Å². The second-order valence-electron chi connectivity index (χ2n) is 26.9. The summed E-state index contributed by atoms with van der Waals surface area (Å²) in [6.45, 7) is 9.53. The number of aliphatic hydroxyl groups excluding tert-OH is 1. The van der Waals surface area contributed by atoms with Gasteiger partial charge in [-0.3, -0.25) is 37.3 Å². The molecule has 0 fully saturated rings. The quantitative estimate of drug-likeness (QED) is 0.0222. The van der Waals surface area contributed by atoms with Crippen LogP contribution in [0, 0.1) is 11.8 Å². The molecule has 0 aliphatic heterocycles. The van der Waals surface area contributed by atoms with Crippen LogP contribution in [0.1, 0.15) is 369 Å². The molecule has 0 saturated carbocycles. The number of esters is 4. The number of phosphoric ester groups is 2.